The number of anilines is 1. The van der Waals surface area contributed by atoms with Crippen molar-refractivity contribution in [3.05, 3.63) is 90.0 Å². The van der Waals surface area contributed by atoms with Crippen LogP contribution in [0.1, 0.15) is 11.1 Å². The van der Waals surface area contributed by atoms with Gasteiger partial charge < -0.3 is 14.8 Å². The second-order valence-corrected chi connectivity index (χ2v) is 5.88. The van der Waals surface area contributed by atoms with Crippen LogP contribution in [0.4, 0.5) is 5.69 Å². The van der Waals surface area contributed by atoms with Gasteiger partial charge in [-0.2, -0.15) is 0 Å². The highest BCUT2D eigenvalue weighted by molar-refractivity contribution is 5.92. The minimum atomic E-state index is -0.0730. The number of carbonyl (C=O) groups excluding carboxylic acids is 1. The summed E-state index contributed by atoms with van der Waals surface area (Å²) in [7, 11) is 1.61. The number of hydrogen-bond donors (Lipinski definition) is 1. The van der Waals surface area contributed by atoms with Crippen LogP contribution in [-0.4, -0.2) is 13.0 Å². The van der Waals surface area contributed by atoms with E-state index in [0.29, 0.717) is 13.0 Å². The van der Waals surface area contributed by atoms with Gasteiger partial charge in [0.1, 0.15) is 18.1 Å². The first kappa shape index (κ1) is 17.5. The Balaban J connectivity index is 1.52. The zero-order valence-corrected chi connectivity index (χ0v) is 14.6. The lowest BCUT2D eigenvalue weighted by Crippen LogP contribution is -2.14. The Labute approximate surface area is 153 Å². The summed E-state index contributed by atoms with van der Waals surface area (Å²) in [5.41, 5.74) is 2.76. The summed E-state index contributed by atoms with van der Waals surface area (Å²) < 4.78 is 10.9. The largest absolute Gasteiger partial charge is 0.497 e. The number of benzene rings is 3. The number of ether oxygens (including phenoxy) is 2. The van der Waals surface area contributed by atoms with Gasteiger partial charge in [-0.3, -0.25) is 4.79 Å². The topological polar surface area (TPSA) is 47.6 Å². The molecular formula is C22H21NO3. The molecule has 1 N–H and O–H groups in total. The van der Waals surface area contributed by atoms with Crippen molar-refractivity contribution < 1.29 is 14.3 Å². The molecule has 0 saturated carbocycles. The summed E-state index contributed by atoms with van der Waals surface area (Å²) in [5.74, 6) is 1.44. The van der Waals surface area contributed by atoms with Gasteiger partial charge in [0.05, 0.1) is 13.5 Å². The monoisotopic (exact) mass is 347 g/mol. The molecule has 0 aliphatic carbocycles. The van der Waals surface area contributed by atoms with Gasteiger partial charge in [0, 0.05) is 5.69 Å². The third-order valence-electron chi connectivity index (χ3n) is 3.89. The van der Waals surface area contributed by atoms with Gasteiger partial charge in [0.2, 0.25) is 5.91 Å². The molecule has 0 aromatic heterocycles. The van der Waals surface area contributed by atoms with Crippen molar-refractivity contribution in [2.24, 2.45) is 0 Å². The fourth-order valence-electron chi connectivity index (χ4n) is 2.55. The molecule has 26 heavy (non-hydrogen) atoms. The van der Waals surface area contributed by atoms with E-state index in [1.165, 1.54) is 0 Å². The average molecular weight is 347 g/mol. The molecule has 4 heteroatoms. The smallest absolute Gasteiger partial charge is 0.228 e. The van der Waals surface area contributed by atoms with Gasteiger partial charge >= 0.3 is 0 Å². The second kappa shape index (κ2) is 8.72. The molecule has 3 aromatic rings. The fourth-order valence-corrected chi connectivity index (χ4v) is 2.55. The Kier molecular flexibility index (Phi) is 5.88. The van der Waals surface area contributed by atoms with E-state index in [9.17, 15) is 4.79 Å². The maximum atomic E-state index is 12.2. The normalized spacial score (nSPS) is 10.2. The minimum absolute atomic E-state index is 0.0730. The first-order valence-corrected chi connectivity index (χ1v) is 8.42. The van der Waals surface area contributed by atoms with Gasteiger partial charge in [0.25, 0.3) is 0 Å². The average Bonchev–Trinajstić information content (AvgIpc) is 2.68. The van der Waals surface area contributed by atoms with Crippen LogP contribution < -0.4 is 14.8 Å². The molecule has 0 atom stereocenters. The van der Waals surface area contributed by atoms with Crippen molar-refractivity contribution in [1.29, 1.82) is 0 Å². The summed E-state index contributed by atoms with van der Waals surface area (Å²) in [6, 6.07) is 24.9. The molecule has 0 radical (unpaired) electrons. The van der Waals surface area contributed by atoms with Gasteiger partial charge in [-0.15, -0.1) is 0 Å². The molecule has 0 saturated heterocycles. The Bertz CT molecular complexity index is 845. The lowest BCUT2D eigenvalue weighted by atomic mass is 10.1. The third kappa shape index (κ3) is 5.11. The van der Waals surface area contributed by atoms with E-state index in [1.54, 1.807) is 7.11 Å². The van der Waals surface area contributed by atoms with Crippen LogP contribution in [0.15, 0.2) is 78.9 Å². The highest BCUT2D eigenvalue weighted by atomic mass is 16.5. The van der Waals surface area contributed by atoms with E-state index in [2.05, 4.69) is 5.32 Å². The maximum Gasteiger partial charge on any atom is 0.228 e. The van der Waals surface area contributed by atoms with Crippen LogP contribution in [0.2, 0.25) is 0 Å². The Morgan fingerprint density at radius 1 is 0.846 bits per heavy atom. The van der Waals surface area contributed by atoms with E-state index in [-0.39, 0.29) is 5.91 Å². The van der Waals surface area contributed by atoms with Crippen molar-refractivity contribution in [3.63, 3.8) is 0 Å². The van der Waals surface area contributed by atoms with Crippen molar-refractivity contribution in [1.82, 2.24) is 0 Å². The van der Waals surface area contributed by atoms with Crippen molar-refractivity contribution in [3.8, 4) is 11.5 Å². The number of rotatable bonds is 7. The van der Waals surface area contributed by atoms with Crippen LogP contribution in [0, 0.1) is 0 Å². The quantitative estimate of drug-likeness (QED) is 0.687. The Hall–Kier alpha value is -3.27. The van der Waals surface area contributed by atoms with Gasteiger partial charge in [0.15, 0.2) is 0 Å². The molecule has 3 aromatic carbocycles. The molecule has 0 aliphatic rings. The number of hydrogen-bond acceptors (Lipinski definition) is 3. The molecule has 0 spiro atoms. The molecule has 0 unspecified atom stereocenters. The van der Waals surface area contributed by atoms with Crippen LogP contribution in [0.25, 0.3) is 0 Å². The van der Waals surface area contributed by atoms with Crippen LogP contribution in [0.5, 0.6) is 11.5 Å². The maximum absolute atomic E-state index is 12.2. The summed E-state index contributed by atoms with van der Waals surface area (Å²) in [4.78, 5) is 12.2. The van der Waals surface area contributed by atoms with Crippen LogP contribution >= 0.6 is 0 Å². The minimum Gasteiger partial charge on any atom is -0.497 e. The predicted octanol–water partition coefficient (Wildman–Crippen LogP) is 4.46. The fraction of sp³-hybridized carbons (Fsp3) is 0.136. The number of amides is 1. The Morgan fingerprint density at radius 3 is 2.31 bits per heavy atom. The molecule has 3 rings (SSSR count). The SMILES string of the molecule is COc1cccc(CC(=O)Nc2ccc(OCc3ccccc3)cc2)c1. The van der Waals surface area contributed by atoms with E-state index < -0.39 is 0 Å². The predicted molar refractivity (Wildman–Crippen MR) is 103 cm³/mol. The van der Waals surface area contributed by atoms with Crippen molar-refractivity contribution in [2.45, 2.75) is 13.0 Å². The third-order valence-corrected chi connectivity index (χ3v) is 3.89. The second-order valence-electron chi connectivity index (χ2n) is 5.88. The molecule has 1 amide bonds. The Morgan fingerprint density at radius 2 is 1.58 bits per heavy atom. The van der Waals surface area contributed by atoms with Crippen LogP contribution in [0.3, 0.4) is 0 Å². The molecule has 132 valence electrons. The van der Waals surface area contributed by atoms with Crippen molar-refractivity contribution >= 4 is 11.6 Å². The van der Waals surface area contributed by atoms with E-state index in [4.69, 9.17) is 9.47 Å². The van der Waals surface area contributed by atoms with Gasteiger partial charge in [-0.05, 0) is 47.5 Å². The highest BCUT2D eigenvalue weighted by Crippen LogP contribution is 2.18. The zero-order valence-electron chi connectivity index (χ0n) is 14.6. The summed E-state index contributed by atoms with van der Waals surface area (Å²) in [5, 5.41) is 2.89. The number of nitrogens with one attached hydrogen (secondary N) is 1. The first-order chi connectivity index (χ1) is 12.7. The number of methoxy groups -OCH3 is 1. The molecule has 0 bridgehead atoms. The summed E-state index contributed by atoms with van der Waals surface area (Å²) in [6.45, 7) is 0.516. The molecule has 0 aliphatic heterocycles. The van der Waals surface area contributed by atoms with E-state index in [0.717, 1.165) is 28.3 Å². The lowest BCUT2D eigenvalue weighted by molar-refractivity contribution is -0.115. The van der Waals surface area contributed by atoms with E-state index in [1.807, 2.05) is 78.9 Å². The molecule has 0 heterocycles. The molecular weight excluding hydrogens is 326 g/mol. The van der Waals surface area contributed by atoms with E-state index >= 15 is 0 Å². The zero-order chi connectivity index (χ0) is 18.2. The van der Waals surface area contributed by atoms with Gasteiger partial charge in [-0.25, -0.2) is 0 Å². The first-order valence-electron chi connectivity index (χ1n) is 8.42. The van der Waals surface area contributed by atoms with Crippen LogP contribution in [-0.2, 0) is 17.8 Å². The van der Waals surface area contributed by atoms with Crippen molar-refractivity contribution in [2.75, 3.05) is 12.4 Å². The molecule has 0 fully saturated rings. The standard InChI is InChI=1S/C22H21NO3/c1-25-21-9-5-8-18(14-21)15-22(24)23-19-10-12-20(13-11-19)26-16-17-6-3-2-4-7-17/h2-14H,15-16H2,1H3,(H,23,24). The number of carbonyl (C=O) groups is 1. The summed E-state index contributed by atoms with van der Waals surface area (Å²) in [6.07, 6.45) is 0.295. The highest BCUT2D eigenvalue weighted by Gasteiger charge is 2.05. The summed E-state index contributed by atoms with van der Waals surface area (Å²) >= 11 is 0. The lowest BCUT2D eigenvalue weighted by Gasteiger charge is -2.09. The molecule has 4 nitrogen and oxygen atoms in total. The van der Waals surface area contributed by atoms with Gasteiger partial charge in [-0.1, -0.05) is 42.5 Å².